The van der Waals surface area contributed by atoms with Crippen LogP contribution in [0.25, 0.3) is 0 Å². The van der Waals surface area contributed by atoms with Crippen LogP contribution in [-0.2, 0) is 16.0 Å². The molecule has 1 unspecified atom stereocenters. The number of imide groups is 1. The Balaban J connectivity index is 1.57. The Kier molecular flexibility index (Phi) is 5.71. The van der Waals surface area contributed by atoms with Gasteiger partial charge in [-0.2, -0.15) is 0 Å². The van der Waals surface area contributed by atoms with E-state index in [0.29, 0.717) is 24.3 Å². The monoisotopic (exact) mass is 367 g/mol. The van der Waals surface area contributed by atoms with Gasteiger partial charge >= 0.3 is 6.03 Å². The first-order valence-electron chi connectivity index (χ1n) is 8.67. The van der Waals surface area contributed by atoms with Crippen LogP contribution in [0.2, 0.25) is 0 Å². The molecule has 1 aliphatic rings. The van der Waals surface area contributed by atoms with E-state index in [1.807, 2.05) is 30.3 Å². The van der Waals surface area contributed by atoms with E-state index >= 15 is 0 Å². The second-order valence-electron chi connectivity index (χ2n) is 6.20. The molecule has 0 bridgehead atoms. The van der Waals surface area contributed by atoms with Crippen molar-refractivity contribution in [3.05, 3.63) is 60.2 Å². The molecule has 27 heavy (non-hydrogen) atoms. The summed E-state index contributed by atoms with van der Waals surface area (Å²) < 4.78 is 5.17. The summed E-state index contributed by atoms with van der Waals surface area (Å²) in [5, 5.41) is 5.31. The summed E-state index contributed by atoms with van der Waals surface area (Å²) in [4.78, 5) is 37.8. The number of carbonyl (C=O) groups excluding carboxylic acids is 3. The van der Waals surface area contributed by atoms with Crippen molar-refractivity contribution in [2.24, 2.45) is 0 Å². The normalized spacial score (nSPS) is 16.2. The number of amides is 4. The van der Waals surface area contributed by atoms with Gasteiger partial charge in [0.2, 0.25) is 5.91 Å². The van der Waals surface area contributed by atoms with Crippen molar-refractivity contribution in [3.8, 4) is 5.75 Å². The van der Waals surface area contributed by atoms with Crippen molar-refractivity contribution >= 4 is 23.5 Å². The van der Waals surface area contributed by atoms with Crippen molar-refractivity contribution in [3.63, 3.8) is 0 Å². The maximum atomic E-state index is 12.5. The number of hydrogen-bond acceptors (Lipinski definition) is 4. The SMILES string of the molecule is COc1ccccc1NC(=O)CN1C(=O)NC(CCc2ccccc2)C1=O. The third kappa shape index (κ3) is 4.44. The Morgan fingerprint density at radius 1 is 1.11 bits per heavy atom. The number of nitrogens with one attached hydrogen (secondary N) is 2. The van der Waals surface area contributed by atoms with E-state index in [4.69, 9.17) is 4.74 Å². The van der Waals surface area contributed by atoms with Crippen LogP contribution < -0.4 is 15.4 Å². The molecule has 140 valence electrons. The lowest BCUT2D eigenvalue weighted by Crippen LogP contribution is -2.38. The van der Waals surface area contributed by atoms with E-state index < -0.39 is 18.0 Å². The molecule has 4 amide bonds. The quantitative estimate of drug-likeness (QED) is 0.735. The zero-order valence-electron chi connectivity index (χ0n) is 15.0. The number of urea groups is 1. The first-order valence-corrected chi connectivity index (χ1v) is 8.67. The summed E-state index contributed by atoms with van der Waals surface area (Å²) in [5.74, 6) is -0.346. The number of benzene rings is 2. The van der Waals surface area contributed by atoms with Crippen LogP contribution >= 0.6 is 0 Å². The standard InChI is InChI=1S/C20H21N3O4/c1-27-17-10-6-5-9-15(17)21-18(24)13-23-19(25)16(22-20(23)26)12-11-14-7-3-2-4-8-14/h2-10,16H,11-13H2,1H3,(H,21,24)(H,22,26). The Morgan fingerprint density at radius 3 is 2.56 bits per heavy atom. The fourth-order valence-corrected chi connectivity index (χ4v) is 2.96. The van der Waals surface area contributed by atoms with E-state index in [1.54, 1.807) is 24.3 Å². The molecule has 0 saturated carbocycles. The second kappa shape index (κ2) is 8.35. The first-order chi connectivity index (χ1) is 13.1. The van der Waals surface area contributed by atoms with Crippen LogP contribution in [0, 0.1) is 0 Å². The molecule has 2 aromatic carbocycles. The van der Waals surface area contributed by atoms with Gasteiger partial charge < -0.3 is 15.4 Å². The minimum Gasteiger partial charge on any atom is -0.495 e. The van der Waals surface area contributed by atoms with Crippen LogP contribution in [0.5, 0.6) is 5.75 Å². The molecule has 1 saturated heterocycles. The predicted octanol–water partition coefficient (Wildman–Crippen LogP) is 2.19. The number of para-hydroxylation sites is 2. The Morgan fingerprint density at radius 2 is 1.81 bits per heavy atom. The van der Waals surface area contributed by atoms with E-state index in [2.05, 4.69) is 10.6 Å². The average Bonchev–Trinajstić information content (AvgIpc) is 2.95. The van der Waals surface area contributed by atoms with Gasteiger partial charge in [0.05, 0.1) is 12.8 Å². The molecular weight excluding hydrogens is 346 g/mol. The Bertz CT molecular complexity index is 838. The van der Waals surface area contributed by atoms with Crippen molar-refractivity contribution in [1.82, 2.24) is 10.2 Å². The molecule has 1 atom stereocenters. The maximum Gasteiger partial charge on any atom is 0.325 e. The lowest BCUT2D eigenvalue weighted by molar-refractivity contribution is -0.130. The van der Waals surface area contributed by atoms with Gasteiger partial charge in [-0.15, -0.1) is 0 Å². The third-order valence-electron chi connectivity index (χ3n) is 4.35. The summed E-state index contributed by atoms with van der Waals surface area (Å²) in [6, 6.07) is 15.5. The average molecular weight is 367 g/mol. The van der Waals surface area contributed by atoms with Gasteiger partial charge in [-0.05, 0) is 30.5 Å². The van der Waals surface area contributed by atoms with Gasteiger partial charge in [-0.1, -0.05) is 42.5 Å². The lowest BCUT2D eigenvalue weighted by atomic mass is 10.1. The van der Waals surface area contributed by atoms with E-state index in [0.717, 1.165) is 10.5 Å². The number of rotatable bonds is 7. The highest BCUT2D eigenvalue weighted by Gasteiger charge is 2.38. The molecule has 2 aromatic rings. The van der Waals surface area contributed by atoms with Crippen LogP contribution in [0.3, 0.4) is 0 Å². The predicted molar refractivity (Wildman–Crippen MR) is 100 cm³/mol. The maximum absolute atomic E-state index is 12.5. The number of anilines is 1. The van der Waals surface area contributed by atoms with Crippen molar-refractivity contribution in [1.29, 1.82) is 0 Å². The van der Waals surface area contributed by atoms with Crippen LogP contribution in [0.15, 0.2) is 54.6 Å². The molecular formula is C20H21N3O4. The number of aryl methyl sites for hydroxylation is 1. The van der Waals surface area contributed by atoms with Crippen LogP contribution in [0.4, 0.5) is 10.5 Å². The van der Waals surface area contributed by atoms with E-state index in [1.165, 1.54) is 7.11 Å². The van der Waals surface area contributed by atoms with Crippen molar-refractivity contribution < 1.29 is 19.1 Å². The minimum atomic E-state index is -0.614. The summed E-state index contributed by atoms with van der Waals surface area (Å²) >= 11 is 0. The fourth-order valence-electron chi connectivity index (χ4n) is 2.96. The summed E-state index contributed by atoms with van der Waals surface area (Å²) in [6.45, 7) is -0.343. The fraction of sp³-hybridized carbons (Fsp3) is 0.250. The summed E-state index contributed by atoms with van der Waals surface area (Å²) in [7, 11) is 1.50. The Hall–Kier alpha value is -3.35. The molecule has 1 fully saturated rings. The molecule has 0 aliphatic carbocycles. The zero-order valence-corrected chi connectivity index (χ0v) is 15.0. The van der Waals surface area contributed by atoms with Gasteiger partial charge in [0.1, 0.15) is 18.3 Å². The zero-order chi connectivity index (χ0) is 19.2. The number of carbonyl (C=O) groups is 3. The topological polar surface area (TPSA) is 87.7 Å². The molecule has 0 radical (unpaired) electrons. The molecule has 0 aromatic heterocycles. The van der Waals surface area contributed by atoms with E-state index in [9.17, 15) is 14.4 Å². The van der Waals surface area contributed by atoms with E-state index in [-0.39, 0.29) is 12.5 Å². The number of ether oxygens (including phenoxy) is 1. The molecule has 1 heterocycles. The summed E-state index contributed by atoms with van der Waals surface area (Å²) in [6.07, 6.45) is 1.15. The largest absolute Gasteiger partial charge is 0.495 e. The van der Waals surface area contributed by atoms with Gasteiger partial charge in [0.25, 0.3) is 5.91 Å². The third-order valence-corrected chi connectivity index (χ3v) is 4.35. The number of methoxy groups -OCH3 is 1. The molecule has 1 aliphatic heterocycles. The van der Waals surface area contributed by atoms with Gasteiger partial charge in [0.15, 0.2) is 0 Å². The van der Waals surface area contributed by atoms with Crippen LogP contribution in [0.1, 0.15) is 12.0 Å². The van der Waals surface area contributed by atoms with Crippen LogP contribution in [-0.4, -0.2) is 42.4 Å². The highest BCUT2D eigenvalue weighted by Crippen LogP contribution is 2.23. The molecule has 7 heteroatoms. The van der Waals surface area contributed by atoms with Crippen molar-refractivity contribution in [2.75, 3.05) is 19.0 Å². The highest BCUT2D eigenvalue weighted by molar-refractivity contribution is 6.08. The molecule has 0 spiro atoms. The molecule has 7 nitrogen and oxygen atoms in total. The molecule has 3 rings (SSSR count). The van der Waals surface area contributed by atoms with Gasteiger partial charge in [0, 0.05) is 0 Å². The highest BCUT2D eigenvalue weighted by atomic mass is 16.5. The Labute approximate surface area is 157 Å². The number of nitrogens with zero attached hydrogens (tertiary/aromatic N) is 1. The number of hydrogen-bond donors (Lipinski definition) is 2. The van der Waals surface area contributed by atoms with Gasteiger partial charge in [-0.3, -0.25) is 14.5 Å². The van der Waals surface area contributed by atoms with Gasteiger partial charge in [-0.25, -0.2) is 4.79 Å². The lowest BCUT2D eigenvalue weighted by Gasteiger charge is -2.14. The minimum absolute atomic E-state index is 0.343. The first kappa shape index (κ1) is 18.4. The summed E-state index contributed by atoms with van der Waals surface area (Å²) in [5.41, 5.74) is 1.57. The molecule has 2 N–H and O–H groups in total. The van der Waals surface area contributed by atoms with Crippen molar-refractivity contribution in [2.45, 2.75) is 18.9 Å². The smallest absolute Gasteiger partial charge is 0.325 e. The second-order valence-corrected chi connectivity index (χ2v) is 6.20.